The van der Waals surface area contributed by atoms with Crippen LogP contribution in [0.3, 0.4) is 0 Å². The van der Waals surface area contributed by atoms with Crippen LogP contribution in [0, 0.1) is 13.8 Å². The number of halogens is 1. The number of ether oxygens (including phenoxy) is 1. The third kappa shape index (κ3) is 3.93. The number of aryl methyl sites for hydroxylation is 1. The number of pyridine rings is 1. The summed E-state index contributed by atoms with van der Waals surface area (Å²) >= 11 is 12.0. The topological polar surface area (TPSA) is 42.3 Å². The van der Waals surface area contributed by atoms with Gasteiger partial charge < -0.3 is 19.5 Å². The highest BCUT2D eigenvalue weighted by molar-refractivity contribution is 7.80. The fraction of sp³-hybridized carbons (Fsp3) is 0.185. The number of methoxy groups -OCH3 is 1. The van der Waals surface area contributed by atoms with E-state index in [1.165, 1.54) is 5.56 Å². The molecule has 1 fully saturated rings. The van der Waals surface area contributed by atoms with Crippen LogP contribution in [0.5, 0.6) is 5.75 Å². The Balaban J connectivity index is 1.67. The van der Waals surface area contributed by atoms with Crippen molar-refractivity contribution >= 4 is 34.6 Å². The molecule has 0 unspecified atom stereocenters. The summed E-state index contributed by atoms with van der Waals surface area (Å²) in [5.74, 6) is 0.824. The summed E-state index contributed by atoms with van der Waals surface area (Å²) in [6, 6.07) is 23.9. The standard InChI is InChI=1S/C27H25ClN4OS/c1-17-15-23(18(2)31(17)21-7-6-8-22(16-21)33-3)26-25(24-9-4-5-14-29-24)30-27(34)32(26)20-12-10-19(28)11-13-20/h4-16,25-26H,1-3H3,(H,30,34)/t25-,26-/m1/s1. The Morgan fingerprint density at radius 1 is 0.971 bits per heavy atom. The Hall–Kier alpha value is -3.35. The smallest absolute Gasteiger partial charge is 0.174 e. The molecule has 0 radical (unpaired) electrons. The minimum atomic E-state index is -0.108. The van der Waals surface area contributed by atoms with E-state index in [0.29, 0.717) is 10.1 Å². The number of anilines is 1. The first kappa shape index (κ1) is 22.4. The van der Waals surface area contributed by atoms with Crippen molar-refractivity contribution in [3.05, 3.63) is 107 Å². The van der Waals surface area contributed by atoms with Crippen LogP contribution < -0.4 is 15.0 Å². The first-order valence-corrected chi connectivity index (χ1v) is 11.9. The predicted molar refractivity (Wildman–Crippen MR) is 141 cm³/mol. The summed E-state index contributed by atoms with van der Waals surface area (Å²) in [6.45, 7) is 4.28. The lowest BCUT2D eigenvalue weighted by Crippen LogP contribution is -2.29. The number of nitrogens with zero attached hydrogens (tertiary/aromatic N) is 3. The normalized spacial score (nSPS) is 17.6. The van der Waals surface area contributed by atoms with Gasteiger partial charge in [0.2, 0.25) is 0 Å². The molecule has 4 aromatic rings. The van der Waals surface area contributed by atoms with Crippen LogP contribution >= 0.6 is 23.8 Å². The second-order valence-corrected chi connectivity index (χ2v) is 9.16. The van der Waals surface area contributed by atoms with Gasteiger partial charge in [-0.25, -0.2) is 0 Å². The maximum Gasteiger partial charge on any atom is 0.174 e. The van der Waals surface area contributed by atoms with E-state index in [4.69, 9.17) is 28.6 Å². The maximum atomic E-state index is 6.18. The van der Waals surface area contributed by atoms with E-state index in [0.717, 1.165) is 34.2 Å². The zero-order valence-electron chi connectivity index (χ0n) is 19.2. The second kappa shape index (κ2) is 9.12. The minimum absolute atomic E-state index is 0.0888. The molecule has 2 aromatic heterocycles. The fourth-order valence-electron chi connectivity index (χ4n) is 4.78. The van der Waals surface area contributed by atoms with Gasteiger partial charge in [0.1, 0.15) is 5.75 Å². The number of thiocarbonyl (C=S) groups is 1. The number of benzene rings is 2. The Kier molecular flexibility index (Phi) is 6.02. The Morgan fingerprint density at radius 2 is 1.76 bits per heavy atom. The van der Waals surface area contributed by atoms with Gasteiger partial charge in [-0.2, -0.15) is 0 Å². The molecule has 1 aliphatic heterocycles. The molecular weight excluding hydrogens is 464 g/mol. The van der Waals surface area contributed by atoms with Gasteiger partial charge in [0.25, 0.3) is 0 Å². The monoisotopic (exact) mass is 488 g/mol. The number of rotatable bonds is 5. The van der Waals surface area contributed by atoms with E-state index in [9.17, 15) is 0 Å². The molecule has 2 aromatic carbocycles. The van der Waals surface area contributed by atoms with Crippen LogP contribution in [0.4, 0.5) is 5.69 Å². The van der Waals surface area contributed by atoms with Crippen LogP contribution in [-0.4, -0.2) is 21.8 Å². The van der Waals surface area contributed by atoms with Gasteiger partial charge in [0.05, 0.1) is 24.9 Å². The number of nitrogens with one attached hydrogen (secondary N) is 1. The molecule has 5 nitrogen and oxygen atoms in total. The predicted octanol–water partition coefficient (Wildman–Crippen LogP) is 6.33. The van der Waals surface area contributed by atoms with Crippen molar-refractivity contribution in [3.63, 3.8) is 0 Å². The van der Waals surface area contributed by atoms with Crippen molar-refractivity contribution in [2.75, 3.05) is 12.0 Å². The minimum Gasteiger partial charge on any atom is -0.497 e. The summed E-state index contributed by atoms with van der Waals surface area (Å²) < 4.78 is 7.73. The molecule has 1 aliphatic rings. The molecule has 3 heterocycles. The molecule has 1 saturated heterocycles. The van der Waals surface area contributed by atoms with Gasteiger partial charge >= 0.3 is 0 Å². The lowest BCUT2D eigenvalue weighted by Gasteiger charge is -2.28. The molecule has 172 valence electrons. The van der Waals surface area contributed by atoms with E-state index >= 15 is 0 Å². The van der Waals surface area contributed by atoms with Crippen molar-refractivity contribution in [3.8, 4) is 11.4 Å². The van der Waals surface area contributed by atoms with Crippen molar-refractivity contribution < 1.29 is 4.74 Å². The SMILES string of the molecule is COc1cccc(-n2c(C)cc([C@@H]3[C@@H](c4ccccn4)NC(=S)N3c3ccc(Cl)cc3)c2C)c1. The van der Waals surface area contributed by atoms with Crippen LogP contribution in [-0.2, 0) is 0 Å². The molecule has 2 atom stereocenters. The van der Waals surface area contributed by atoms with Crippen molar-refractivity contribution in [1.82, 2.24) is 14.9 Å². The molecule has 0 amide bonds. The highest BCUT2D eigenvalue weighted by Crippen LogP contribution is 2.44. The quantitative estimate of drug-likeness (QED) is 0.332. The Morgan fingerprint density at radius 3 is 2.47 bits per heavy atom. The molecule has 0 saturated carbocycles. The molecular formula is C27H25ClN4OS. The maximum absolute atomic E-state index is 6.18. The highest BCUT2D eigenvalue weighted by Gasteiger charge is 2.42. The second-order valence-electron chi connectivity index (χ2n) is 8.34. The van der Waals surface area contributed by atoms with Crippen molar-refractivity contribution in [1.29, 1.82) is 0 Å². The molecule has 5 rings (SSSR count). The van der Waals surface area contributed by atoms with Crippen LogP contribution in [0.1, 0.15) is 34.7 Å². The van der Waals surface area contributed by atoms with Gasteiger partial charge in [-0.1, -0.05) is 23.7 Å². The average molecular weight is 489 g/mol. The molecule has 34 heavy (non-hydrogen) atoms. The van der Waals surface area contributed by atoms with E-state index in [2.05, 4.69) is 51.8 Å². The van der Waals surface area contributed by atoms with Crippen LogP contribution in [0.15, 0.2) is 79.0 Å². The molecule has 0 bridgehead atoms. The first-order valence-electron chi connectivity index (χ1n) is 11.1. The Labute approximate surface area is 210 Å². The summed E-state index contributed by atoms with van der Waals surface area (Å²) in [4.78, 5) is 6.83. The number of aromatic nitrogens is 2. The molecule has 0 aliphatic carbocycles. The third-order valence-corrected chi connectivity index (χ3v) is 6.87. The lowest BCUT2D eigenvalue weighted by molar-refractivity contribution is 0.414. The van der Waals surface area contributed by atoms with E-state index in [1.54, 1.807) is 7.11 Å². The lowest BCUT2D eigenvalue weighted by atomic mass is 9.96. The zero-order valence-corrected chi connectivity index (χ0v) is 20.8. The van der Waals surface area contributed by atoms with Crippen molar-refractivity contribution in [2.45, 2.75) is 25.9 Å². The number of hydrogen-bond acceptors (Lipinski definition) is 3. The number of hydrogen-bond donors (Lipinski definition) is 1. The van der Waals surface area contributed by atoms with Crippen LogP contribution in [0.25, 0.3) is 5.69 Å². The van der Waals surface area contributed by atoms with Gasteiger partial charge in [0, 0.05) is 40.0 Å². The summed E-state index contributed by atoms with van der Waals surface area (Å²) in [7, 11) is 1.69. The third-order valence-electron chi connectivity index (χ3n) is 6.30. The van der Waals surface area contributed by atoms with Gasteiger partial charge in [-0.15, -0.1) is 0 Å². The molecule has 7 heteroatoms. The van der Waals surface area contributed by atoms with E-state index < -0.39 is 0 Å². The summed E-state index contributed by atoms with van der Waals surface area (Å²) in [6.07, 6.45) is 1.82. The Bertz CT molecular complexity index is 1340. The van der Waals surface area contributed by atoms with Gasteiger partial charge in [0.15, 0.2) is 5.11 Å². The van der Waals surface area contributed by atoms with Gasteiger partial charge in [-0.05, 0) is 86.2 Å². The molecule has 1 N–H and O–H groups in total. The first-order chi connectivity index (χ1) is 16.5. The largest absolute Gasteiger partial charge is 0.497 e. The van der Waals surface area contributed by atoms with Crippen molar-refractivity contribution in [2.24, 2.45) is 0 Å². The fourth-order valence-corrected chi connectivity index (χ4v) is 5.26. The van der Waals surface area contributed by atoms with Gasteiger partial charge in [-0.3, -0.25) is 4.98 Å². The van der Waals surface area contributed by atoms with E-state index in [1.807, 2.05) is 60.8 Å². The van der Waals surface area contributed by atoms with Crippen LogP contribution in [0.2, 0.25) is 5.02 Å². The summed E-state index contributed by atoms with van der Waals surface area (Å²) in [5, 5.41) is 4.88. The van der Waals surface area contributed by atoms with E-state index in [-0.39, 0.29) is 12.1 Å². The zero-order chi connectivity index (χ0) is 23.8. The average Bonchev–Trinajstić information content (AvgIpc) is 3.35. The molecule has 0 spiro atoms. The highest BCUT2D eigenvalue weighted by atomic mass is 35.5. The summed E-state index contributed by atoms with van der Waals surface area (Å²) in [5.41, 5.74) is 6.44.